The van der Waals surface area contributed by atoms with E-state index in [1.54, 1.807) is 38.1 Å². The van der Waals surface area contributed by atoms with E-state index < -0.39 is 28.5 Å². The monoisotopic (exact) mass is 569 g/mol. The van der Waals surface area contributed by atoms with E-state index in [1.807, 2.05) is 44.2 Å². The molecule has 0 spiro atoms. The maximum absolute atomic E-state index is 13.9. The number of nitrogens with zero attached hydrogens (tertiary/aromatic N) is 2. The van der Waals surface area contributed by atoms with Crippen molar-refractivity contribution in [3.63, 3.8) is 0 Å². The zero-order valence-electron chi connectivity index (χ0n) is 22.8. The summed E-state index contributed by atoms with van der Waals surface area (Å²) in [5, 5.41) is 3.30. The molecule has 9 heteroatoms. The molecule has 0 bridgehead atoms. The van der Waals surface area contributed by atoms with Crippen molar-refractivity contribution < 1.29 is 18.0 Å². The van der Waals surface area contributed by atoms with Crippen molar-refractivity contribution in [2.75, 3.05) is 23.9 Å². The number of amides is 2. The Hall–Kier alpha value is -3.36. The summed E-state index contributed by atoms with van der Waals surface area (Å²) < 4.78 is 28.8. The average molecular weight is 570 g/mol. The van der Waals surface area contributed by atoms with E-state index in [0.29, 0.717) is 29.2 Å². The molecule has 0 saturated carbocycles. The number of sulfonamides is 1. The summed E-state index contributed by atoms with van der Waals surface area (Å²) in [7, 11) is -4.13. The number of carbonyl (C=O) groups excluding carboxylic acids is 2. The smallest absolute Gasteiger partial charge is 0.264 e. The molecule has 3 aromatic carbocycles. The molecule has 0 saturated heterocycles. The quantitative estimate of drug-likeness (QED) is 0.330. The maximum Gasteiger partial charge on any atom is 0.264 e. The van der Waals surface area contributed by atoms with Crippen LogP contribution in [-0.2, 0) is 26.0 Å². The van der Waals surface area contributed by atoms with Crippen LogP contribution in [0.3, 0.4) is 0 Å². The van der Waals surface area contributed by atoms with E-state index in [9.17, 15) is 18.0 Å². The standard InChI is InChI=1S/C30H36ClN3O4S/c1-22(2)20-32-30(36)24(4)33(19-18-25-11-6-5-7-12-25)29(35)21-34(28-13-9-8-10-23(28)3)39(37,38)27-16-14-26(31)15-17-27/h5-17,22,24H,18-21H2,1-4H3,(H,32,36)/t24-/m0/s1. The third-order valence-corrected chi connectivity index (χ3v) is 8.43. The van der Waals surface area contributed by atoms with Crippen LogP contribution >= 0.6 is 11.6 Å². The first kappa shape index (κ1) is 30.2. The van der Waals surface area contributed by atoms with Gasteiger partial charge in [-0.3, -0.25) is 13.9 Å². The summed E-state index contributed by atoms with van der Waals surface area (Å²) in [6, 6.07) is 21.7. The summed E-state index contributed by atoms with van der Waals surface area (Å²) in [6.45, 7) is 7.71. The van der Waals surface area contributed by atoms with E-state index in [0.717, 1.165) is 9.87 Å². The fourth-order valence-corrected chi connectivity index (χ4v) is 5.72. The lowest BCUT2D eigenvalue weighted by molar-refractivity contribution is -0.138. The molecule has 0 fully saturated rings. The van der Waals surface area contributed by atoms with Crippen molar-refractivity contribution in [3.8, 4) is 0 Å². The van der Waals surface area contributed by atoms with Crippen LogP contribution in [0.2, 0.25) is 5.02 Å². The van der Waals surface area contributed by atoms with Crippen LogP contribution < -0.4 is 9.62 Å². The van der Waals surface area contributed by atoms with Crippen molar-refractivity contribution in [2.45, 2.75) is 45.1 Å². The van der Waals surface area contributed by atoms with Crippen LogP contribution in [0.1, 0.15) is 31.9 Å². The molecule has 2 amide bonds. The zero-order valence-corrected chi connectivity index (χ0v) is 24.4. The Bertz CT molecular complexity index is 1360. The summed E-state index contributed by atoms with van der Waals surface area (Å²) >= 11 is 6.00. The molecule has 0 radical (unpaired) electrons. The minimum absolute atomic E-state index is 0.0153. The Kier molecular flexibility index (Phi) is 10.5. The van der Waals surface area contributed by atoms with Crippen LogP contribution in [0.5, 0.6) is 0 Å². The van der Waals surface area contributed by atoms with Crippen LogP contribution in [0.15, 0.2) is 83.8 Å². The van der Waals surface area contributed by atoms with Gasteiger partial charge in [0.2, 0.25) is 11.8 Å². The first-order chi connectivity index (χ1) is 18.5. The second-order valence-electron chi connectivity index (χ2n) is 9.89. The highest BCUT2D eigenvalue weighted by atomic mass is 35.5. The fraction of sp³-hybridized carbons (Fsp3) is 0.333. The van der Waals surface area contributed by atoms with E-state index >= 15 is 0 Å². The van der Waals surface area contributed by atoms with Gasteiger partial charge in [-0.25, -0.2) is 8.42 Å². The lowest BCUT2D eigenvalue weighted by Crippen LogP contribution is -2.52. The first-order valence-electron chi connectivity index (χ1n) is 13.0. The lowest BCUT2D eigenvalue weighted by atomic mass is 10.1. The second-order valence-corrected chi connectivity index (χ2v) is 12.2. The predicted molar refractivity (Wildman–Crippen MR) is 156 cm³/mol. The summed E-state index contributed by atoms with van der Waals surface area (Å²) in [5.74, 6) is -0.511. The maximum atomic E-state index is 13.9. The van der Waals surface area contributed by atoms with Crippen LogP contribution in [-0.4, -0.2) is 50.8 Å². The Morgan fingerprint density at radius 3 is 2.13 bits per heavy atom. The van der Waals surface area contributed by atoms with Gasteiger partial charge in [0, 0.05) is 18.1 Å². The Morgan fingerprint density at radius 1 is 0.897 bits per heavy atom. The average Bonchev–Trinajstić information content (AvgIpc) is 2.91. The Morgan fingerprint density at radius 2 is 1.51 bits per heavy atom. The van der Waals surface area contributed by atoms with E-state index in [4.69, 9.17) is 11.6 Å². The second kappa shape index (κ2) is 13.6. The van der Waals surface area contributed by atoms with Crippen LogP contribution in [0.25, 0.3) is 0 Å². The summed E-state index contributed by atoms with van der Waals surface area (Å²) in [6.07, 6.45) is 0.517. The van der Waals surface area contributed by atoms with Gasteiger partial charge >= 0.3 is 0 Å². The van der Waals surface area contributed by atoms with E-state index in [1.165, 1.54) is 29.2 Å². The van der Waals surface area contributed by atoms with Gasteiger partial charge in [-0.2, -0.15) is 0 Å². The number of anilines is 1. The van der Waals surface area contributed by atoms with Gasteiger partial charge < -0.3 is 10.2 Å². The molecule has 0 aliphatic heterocycles. The normalized spacial score (nSPS) is 12.2. The number of para-hydroxylation sites is 1. The number of benzene rings is 3. The van der Waals surface area contributed by atoms with Crippen molar-refractivity contribution in [3.05, 3.63) is 95.0 Å². The highest BCUT2D eigenvalue weighted by molar-refractivity contribution is 7.92. The SMILES string of the molecule is Cc1ccccc1N(CC(=O)N(CCc1ccccc1)[C@@H](C)C(=O)NCC(C)C)S(=O)(=O)c1ccc(Cl)cc1. The molecule has 0 unspecified atom stereocenters. The third-order valence-electron chi connectivity index (χ3n) is 6.40. The van der Waals surface area contributed by atoms with Gasteiger partial charge in [-0.05, 0) is 67.6 Å². The van der Waals surface area contributed by atoms with Crippen molar-refractivity contribution in [1.82, 2.24) is 10.2 Å². The first-order valence-corrected chi connectivity index (χ1v) is 14.8. The van der Waals surface area contributed by atoms with Gasteiger partial charge in [-0.1, -0.05) is 74.0 Å². The molecule has 0 aliphatic rings. The zero-order chi connectivity index (χ0) is 28.6. The van der Waals surface area contributed by atoms with Crippen molar-refractivity contribution >= 4 is 39.1 Å². The molecule has 1 atom stereocenters. The lowest BCUT2D eigenvalue weighted by Gasteiger charge is -2.32. The highest BCUT2D eigenvalue weighted by Gasteiger charge is 2.32. The minimum Gasteiger partial charge on any atom is -0.354 e. The molecule has 0 aliphatic carbocycles. The molecule has 39 heavy (non-hydrogen) atoms. The number of halogens is 1. The minimum atomic E-state index is -4.13. The third kappa shape index (κ3) is 8.07. The van der Waals surface area contributed by atoms with Crippen molar-refractivity contribution in [2.24, 2.45) is 5.92 Å². The molecule has 0 heterocycles. The molecule has 3 rings (SSSR count). The number of rotatable bonds is 12. The van der Waals surface area contributed by atoms with Crippen LogP contribution in [0.4, 0.5) is 5.69 Å². The summed E-state index contributed by atoms with van der Waals surface area (Å²) in [4.78, 5) is 28.4. The summed E-state index contributed by atoms with van der Waals surface area (Å²) in [5.41, 5.74) is 2.09. The number of nitrogens with one attached hydrogen (secondary N) is 1. The van der Waals surface area contributed by atoms with Gasteiger partial charge in [-0.15, -0.1) is 0 Å². The van der Waals surface area contributed by atoms with E-state index in [-0.39, 0.29) is 23.3 Å². The highest BCUT2D eigenvalue weighted by Crippen LogP contribution is 2.28. The molecule has 7 nitrogen and oxygen atoms in total. The van der Waals surface area contributed by atoms with Gasteiger partial charge in [0.25, 0.3) is 10.0 Å². The number of carbonyl (C=O) groups is 2. The number of aryl methyl sites for hydroxylation is 1. The Labute approximate surface area is 236 Å². The van der Waals surface area contributed by atoms with E-state index in [2.05, 4.69) is 5.32 Å². The molecule has 208 valence electrons. The molecular weight excluding hydrogens is 534 g/mol. The predicted octanol–water partition coefficient (Wildman–Crippen LogP) is 5.08. The van der Waals surface area contributed by atoms with Gasteiger partial charge in [0.1, 0.15) is 12.6 Å². The molecule has 1 N–H and O–H groups in total. The topological polar surface area (TPSA) is 86.8 Å². The van der Waals surface area contributed by atoms with Gasteiger partial charge in [0.05, 0.1) is 10.6 Å². The number of hydrogen-bond donors (Lipinski definition) is 1. The largest absolute Gasteiger partial charge is 0.354 e. The molecular formula is C30H36ClN3O4S. The molecule has 3 aromatic rings. The fourth-order valence-electron chi connectivity index (χ4n) is 4.11. The van der Waals surface area contributed by atoms with Gasteiger partial charge in [0.15, 0.2) is 0 Å². The number of hydrogen-bond acceptors (Lipinski definition) is 4. The van der Waals surface area contributed by atoms with Crippen molar-refractivity contribution in [1.29, 1.82) is 0 Å². The Balaban J connectivity index is 1.97. The van der Waals surface area contributed by atoms with Crippen LogP contribution in [0, 0.1) is 12.8 Å². The molecule has 0 aromatic heterocycles.